The van der Waals surface area contributed by atoms with E-state index in [1.54, 1.807) is 13.8 Å². The molecule has 4 N–H and O–H groups in total. The van der Waals surface area contributed by atoms with Crippen molar-refractivity contribution in [2.75, 3.05) is 66.9 Å². The van der Waals surface area contributed by atoms with Gasteiger partial charge in [0.05, 0.1) is 24.4 Å². The second-order valence-electron chi connectivity index (χ2n) is 26.8. The number of amides is 4. The normalized spacial score (nSPS) is 8.48. The smallest absolute Gasteiger partial charge is 0.335 e. The minimum absolute atomic E-state index is 0. The van der Waals surface area contributed by atoms with Gasteiger partial charge in [0.2, 0.25) is 13.6 Å². The molecule has 0 radical (unpaired) electrons. The summed E-state index contributed by atoms with van der Waals surface area (Å²) in [5.41, 5.74) is 0.797. The summed E-state index contributed by atoms with van der Waals surface area (Å²) in [5, 5.41) is 10.2. The quantitative estimate of drug-likeness (QED) is 0.0171. The third-order valence-electron chi connectivity index (χ3n) is 9.76. The van der Waals surface area contributed by atoms with Crippen LogP contribution in [0.4, 0.5) is 9.59 Å². The van der Waals surface area contributed by atoms with Crippen LogP contribution in [0.25, 0.3) is 0 Å². The van der Waals surface area contributed by atoms with Crippen molar-refractivity contribution in [2.45, 2.75) is 373 Å². The minimum Gasteiger partial charge on any atom is -0.465 e. The Morgan fingerprint density at radius 1 is 0.269 bits per heavy atom. The molecule has 0 bridgehead atoms. The molecule has 0 aromatic rings. The number of urea groups is 2. The average molecular weight is 1740 g/mol. The molecule has 0 aliphatic rings. The molecule has 0 aliphatic carbocycles. The third-order valence-corrected chi connectivity index (χ3v) is 9.76. The summed E-state index contributed by atoms with van der Waals surface area (Å²) in [6.45, 7) is 60.8. The van der Waals surface area contributed by atoms with Gasteiger partial charge in [0.15, 0.2) is 27.0 Å². The van der Waals surface area contributed by atoms with Gasteiger partial charge in [-0.15, -0.1) is 0 Å². The lowest BCUT2D eigenvalue weighted by molar-refractivity contribution is -0.169. The number of rotatable bonds is 30. The molecule has 0 aromatic carbocycles. The highest BCUT2D eigenvalue weighted by molar-refractivity contribution is 5.92. The highest BCUT2D eigenvalue weighted by atomic mass is 16.7. The maximum Gasteiger partial charge on any atom is 0.335 e. The van der Waals surface area contributed by atoms with Crippen molar-refractivity contribution in [1.82, 2.24) is 21.3 Å². The number of hydrogen-bond donors (Lipinski definition) is 4. The molecule has 119 heavy (non-hydrogen) atoms. The molecule has 0 aliphatic heterocycles. The molecule has 0 rings (SSSR count). The molecule has 0 fully saturated rings. The van der Waals surface area contributed by atoms with Gasteiger partial charge in [-0.3, -0.25) is 19.2 Å². The molecule has 0 atom stereocenters. The van der Waals surface area contributed by atoms with Gasteiger partial charge in [0, 0.05) is 48.0 Å². The molecule has 0 spiro atoms. The summed E-state index contributed by atoms with van der Waals surface area (Å²) in [6.07, 6.45) is 5.23. The zero-order valence-electron chi connectivity index (χ0n) is 60.6. The van der Waals surface area contributed by atoms with Gasteiger partial charge >= 0.3 is 71.8 Å². The summed E-state index contributed by atoms with van der Waals surface area (Å²) in [5.74, 6) is -6.26. The Labute approximate surface area is 740 Å². The van der Waals surface area contributed by atoms with E-state index in [9.17, 15) is 57.5 Å². The number of hydrogen-bond acceptors (Lipinski definition) is 24. The molecule has 4 amide bonds. The summed E-state index contributed by atoms with van der Waals surface area (Å²) in [4.78, 5) is 132. The molecular formula is C91H210N4O24. The van der Waals surface area contributed by atoms with Crippen LogP contribution >= 0.6 is 0 Å². The monoisotopic (exact) mass is 1740 g/mol. The molecule has 0 heterocycles. The lowest BCUT2D eigenvalue weighted by Crippen LogP contribution is -2.38. The van der Waals surface area contributed by atoms with Gasteiger partial charge in [-0.1, -0.05) is 301 Å². The first-order valence-corrected chi connectivity index (χ1v) is 30.0. The molecule has 0 aromatic heterocycles. The Morgan fingerprint density at radius 3 is 0.723 bits per heavy atom. The second kappa shape index (κ2) is 112. The predicted molar refractivity (Wildman–Crippen MR) is 517 cm³/mol. The Balaban J connectivity index is -0.0000000276. The Bertz CT molecular complexity index is 2450. The molecule has 0 saturated carbocycles. The molecule has 0 saturated heterocycles. The van der Waals surface area contributed by atoms with Gasteiger partial charge < -0.3 is 78.1 Å². The van der Waals surface area contributed by atoms with E-state index in [-0.39, 0.29) is 269 Å². The first kappa shape index (κ1) is 205. The fourth-order valence-corrected chi connectivity index (χ4v) is 4.32. The molecule has 738 valence electrons. The molecular weight excluding hydrogens is 1530 g/mol. The topological polar surface area (TPSA) is 364 Å². The lowest BCUT2D eigenvalue weighted by atomic mass is 9.92. The van der Waals surface area contributed by atoms with Crippen LogP contribution < -0.4 is 21.3 Å². The largest absolute Gasteiger partial charge is 0.465 e. The molecule has 0 unspecified atom stereocenters. The van der Waals surface area contributed by atoms with E-state index in [2.05, 4.69) is 131 Å². The van der Waals surface area contributed by atoms with Crippen molar-refractivity contribution in [1.29, 1.82) is 0 Å². The predicted octanol–water partition coefficient (Wildman–Crippen LogP) is 25.4. The fourth-order valence-electron chi connectivity index (χ4n) is 4.32. The Hall–Kier alpha value is -8.40. The Morgan fingerprint density at radius 2 is 0.479 bits per heavy atom. The third kappa shape index (κ3) is 182. The minimum atomic E-state index is -0.808. The highest BCUT2D eigenvalue weighted by Gasteiger charge is 2.19. The first-order valence-electron chi connectivity index (χ1n) is 30.0. The number of carbonyl (C=O) groups excluding carboxylic acids is 12. The van der Waals surface area contributed by atoms with Crippen LogP contribution in [0.5, 0.6) is 0 Å². The van der Waals surface area contributed by atoms with Gasteiger partial charge in [0.25, 0.3) is 0 Å². The standard InChI is InChI=1S/C14H22O6.C13H20O6.C12H22N2O3.C11H20N2O3.C9H16O3.C8H14O3.24CH4/c1-10(2)13(17)20-9-19-12(16)8-11(15)18-7-6-14(3,4)5;1-5-10(14)18-9-19-12(16)8-11(15)17-7-6-13(2,3)4;1-9(2)10(15)17-8-14-11(16)13-7-6-12(3,4)5;1-5-9(14)16-8-13-10(15)12-7-6-11(2,3)4;1-7(2)8(10)11-6-12-9(3,4)5;1-5-7(9)10-6-11-8(2,3)4;;;;;;;;;;;;;;;;;;;;;;;;/h1,6-9H2,2-5H3;5H,1,6-9H2,2-4H3;1,6-8H2,2-5H3,(H2,13,14,16);5H,1,6-8H2,2-4H3,(H2,12,13,15);1,6H2,2-5H3;5H,1,6H2,2-4H3;24*1H4. The number of ether oxygens (including phenoxy) is 12. The lowest BCUT2D eigenvalue weighted by Gasteiger charge is -2.18. The van der Waals surface area contributed by atoms with E-state index in [0.717, 1.165) is 31.1 Å². The van der Waals surface area contributed by atoms with E-state index in [1.165, 1.54) is 6.92 Å². The van der Waals surface area contributed by atoms with E-state index >= 15 is 0 Å². The van der Waals surface area contributed by atoms with Gasteiger partial charge in [0.1, 0.15) is 12.8 Å². The fraction of sp³-hybridized carbons (Fsp3) is 0.736. The number of nitrogens with one attached hydrogen (secondary N) is 4. The van der Waals surface area contributed by atoms with E-state index in [1.807, 2.05) is 83.1 Å². The molecule has 28 heteroatoms. The summed E-state index contributed by atoms with van der Waals surface area (Å²) >= 11 is 0. The first-order chi connectivity index (χ1) is 43.2. The number of esters is 10. The van der Waals surface area contributed by atoms with Gasteiger partial charge in [-0.2, -0.15) is 0 Å². The summed E-state index contributed by atoms with van der Waals surface area (Å²) < 4.78 is 56.7. The van der Waals surface area contributed by atoms with E-state index in [4.69, 9.17) is 28.4 Å². The van der Waals surface area contributed by atoms with Crippen molar-refractivity contribution < 1.29 is 114 Å². The van der Waals surface area contributed by atoms with E-state index in [0.29, 0.717) is 37.1 Å². The molecule has 28 nitrogen and oxygen atoms in total. The van der Waals surface area contributed by atoms with E-state index < -0.39 is 86.1 Å². The van der Waals surface area contributed by atoms with Gasteiger partial charge in [-0.25, -0.2) is 38.4 Å². The van der Waals surface area contributed by atoms with Crippen LogP contribution in [0.3, 0.4) is 0 Å². The zero-order valence-corrected chi connectivity index (χ0v) is 60.6. The number of carbonyl (C=O) groups is 12. The zero-order chi connectivity index (χ0) is 75.4. The van der Waals surface area contributed by atoms with Crippen molar-refractivity contribution in [3.8, 4) is 0 Å². The maximum absolute atomic E-state index is 11.3. The second-order valence-corrected chi connectivity index (χ2v) is 26.8. The average Bonchev–Trinajstić information content (AvgIpc) is 0.978. The van der Waals surface area contributed by atoms with Crippen LogP contribution in [-0.2, 0) is 105 Å². The summed E-state index contributed by atoms with van der Waals surface area (Å²) in [6, 6.07) is -0.690. The van der Waals surface area contributed by atoms with Crippen molar-refractivity contribution in [3.05, 3.63) is 74.4 Å². The summed E-state index contributed by atoms with van der Waals surface area (Å²) in [7, 11) is 0. The van der Waals surface area contributed by atoms with Crippen LogP contribution in [0.1, 0.15) is 362 Å². The Kier molecular flexibility index (Phi) is 192. The van der Waals surface area contributed by atoms with Crippen molar-refractivity contribution in [3.63, 3.8) is 0 Å². The SMILES string of the molecule is C.C.C.C.C.C.C.C.C.C.C.C.C.C.C.C.C.C.C.C.C.C.C.C.C=C(C)C(=O)OCNC(=O)NCCC(C)(C)C.C=C(C)C(=O)OCOC(=O)CC(=O)OCCC(C)(C)C.C=C(C)C(=O)OCOC(C)(C)C.C=CC(=O)OCNC(=O)NCCC(C)(C)C.C=CC(=O)OCOC(=O)CC(=O)OCCC(C)(C)C.C=CC(=O)OCOC(C)(C)C. The van der Waals surface area contributed by atoms with Crippen LogP contribution in [0.15, 0.2) is 74.4 Å². The van der Waals surface area contributed by atoms with Crippen molar-refractivity contribution >= 4 is 71.8 Å². The van der Waals surface area contributed by atoms with Crippen LogP contribution in [0, 0.1) is 21.7 Å². The van der Waals surface area contributed by atoms with Crippen LogP contribution in [-0.4, -0.2) is 150 Å². The van der Waals surface area contributed by atoms with Crippen LogP contribution in [0.2, 0.25) is 0 Å². The highest BCUT2D eigenvalue weighted by Crippen LogP contribution is 2.20. The maximum atomic E-state index is 11.3. The van der Waals surface area contributed by atoms with Crippen molar-refractivity contribution in [2.24, 2.45) is 21.7 Å². The van der Waals surface area contributed by atoms with Gasteiger partial charge in [-0.05, 0) is 110 Å².